The first-order valence-corrected chi connectivity index (χ1v) is 8.65. The number of fused-ring (bicyclic) bond motifs is 1. The molecule has 0 aliphatic heterocycles. The average Bonchev–Trinajstić information content (AvgIpc) is 2.72. The molecular weight excluding hydrogens is 376 g/mol. The molecular formula is C20H18N4O5. The molecule has 2 aromatic carbocycles. The molecule has 0 spiro atoms. The number of nitro benzene ring substituents is 1. The van der Waals surface area contributed by atoms with Crippen LogP contribution in [0.3, 0.4) is 0 Å². The van der Waals surface area contributed by atoms with Gasteiger partial charge in [-0.2, -0.15) is 0 Å². The van der Waals surface area contributed by atoms with E-state index >= 15 is 0 Å². The van der Waals surface area contributed by atoms with Gasteiger partial charge in [0.05, 0.1) is 29.7 Å². The average molecular weight is 394 g/mol. The Kier molecular flexibility index (Phi) is 5.49. The molecule has 0 atom stereocenters. The molecule has 0 fully saturated rings. The maximum absolute atomic E-state index is 12.8. The van der Waals surface area contributed by atoms with Gasteiger partial charge in [-0.3, -0.25) is 14.9 Å². The highest BCUT2D eigenvalue weighted by Crippen LogP contribution is 2.20. The minimum Gasteiger partial charge on any atom is -0.465 e. The van der Waals surface area contributed by atoms with Crippen LogP contribution in [-0.2, 0) is 11.3 Å². The number of para-hydroxylation sites is 1. The molecule has 3 aromatic rings. The third-order valence-electron chi connectivity index (χ3n) is 4.36. The van der Waals surface area contributed by atoms with Crippen molar-refractivity contribution >= 4 is 28.5 Å². The van der Waals surface area contributed by atoms with E-state index in [1.54, 1.807) is 0 Å². The molecule has 148 valence electrons. The number of ether oxygens (including phenoxy) is 1. The molecule has 0 radical (unpaired) electrons. The van der Waals surface area contributed by atoms with Gasteiger partial charge < -0.3 is 9.64 Å². The van der Waals surface area contributed by atoms with E-state index < -0.39 is 16.8 Å². The zero-order valence-electron chi connectivity index (χ0n) is 16.1. The Morgan fingerprint density at radius 2 is 1.83 bits per heavy atom. The number of carbonyl (C=O) groups is 2. The first-order valence-electron chi connectivity index (χ1n) is 8.65. The summed E-state index contributed by atoms with van der Waals surface area (Å²) in [6, 6.07) is 11.0. The van der Waals surface area contributed by atoms with E-state index in [0.29, 0.717) is 5.82 Å². The van der Waals surface area contributed by atoms with E-state index in [2.05, 4.69) is 14.7 Å². The summed E-state index contributed by atoms with van der Waals surface area (Å²) in [5.74, 6) is -0.831. The van der Waals surface area contributed by atoms with Crippen molar-refractivity contribution in [2.45, 2.75) is 13.5 Å². The van der Waals surface area contributed by atoms with E-state index in [1.807, 2.05) is 31.2 Å². The van der Waals surface area contributed by atoms with E-state index in [4.69, 9.17) is 0 Å². The third kappa shape index (κ3) is 4.18. The second-order valence-electron chi connectivity index (χ2n) is 6.42. The lowest BCUT2D eigenvalue weighted by Crippen LogP contribution is -2.27. The van der Waals surface area contributed by atoms with E-state index in [9.17, 15) is 19.7 Å². The highest BCUT2D eigenvalue weighted by Gasteiger charge is 2.21. The summed E-state index contributed by atoms with van der Waals surface area (Å²) >= 11 is 0. The van der Waals surface area contributed by atoms with Crippen LogP contribution >= 0.6 is 0 Å². The number of esters is 1. The van der Waals surface area contributed by atoms with Gasteiger partial charge in [0.2, 0.25) is 0 Å². The highest BCUT2D eigenvalue weighted by atomic mass is 16.6. The summed E-state index contributed by atoms with van der Waals surface area (Å²) in [5, 5.41) is 12.1. The number of aryl methyl sites for hydroxylation is 1. The summed E-state index contributed by atoms with van der Waals surface area (Å²) in [7, 11) is 2.70. The van der Waals surface area contributed by atoms with Gasteiger partial charge in [-0.1, -0.05) is 18.2 Å². The number of rotatable bonds is 5. The number of aromatic nitrogens is 2. The molecule has 1 aromatic heterocycles. The van der Waals surface area contributed by atoms with Crippen molar-refractivity contribution in [2.75, 3.05) is 14.2 Å². The number of hydrogen-bond donors (Lipinski definition) is 0. The second kappa shape index (κ2) is 8.01. The van der Waals surface area contributed by atoms with Crippen LogP contribution in [0, 0.1) is 17.0 Å². The Bertz CT molecular complexity index is 1130. The van der Waals surface area contributed by atoms with Gasteiger partial charge in [-0.05, 0) is 19.1 Å². The van der Waals surface area contributed by atoms with Crippen LogP contribution < -0.4 is 0 Å². The fraction of sp³-hybridized carbons (Fsp3) is 0.200. The smallest absolute Gasteiger partial charge is 0.338 e. The van der Waals surface area contributed by atoms with Crippen molar-refractivity contribution in [1.82, 2.24) is 14.9 Å². The number of hydrogen-bond acceptors (Lipinski definition) is 7. The lowest BCUT2D eigenvalue weighted by Gasteiger charge is -2.17. The molecule has 29 heavy (non-hydrogen) atoms. The molecule has 0 saturated carbocycles. The zero-order chi connectivity index (χ0) is 21.1. The quantitative estimate of drug-likeness (QED) is 0.371. The fourth-order valence-corrected chi connectivity index (χ4v) is 2.95. The van der Waals surface area contributed by atoms with Gasteiger partial charge in [0.15, 0.2) is 0 Å². The zero-order valence-corrected chi connectivity index (χ0v) is 16.1. The minimum atomic E-state index is -0.765. The van der Waals surface area contributed by atoms with Crippen LogP contribution in [0.2, 0.25) is 0 Å². The van der Waals surface area contributed by atoms with Crippen LogP contribution in [0.1, 0.15) is 32.2 Å². The summed E-state index contributed by atoms with van der Waals surface area (Å²) < 4.78 is 4.61. The van der Waals surface area contributed by atoms with Crippen molar-refractivity contribution in [3.05, 3.63) is 75.2 Å². The van der Waals surface area contributed by atoms with Crippen molar-refractivity contribution in [1.29, 1.82) is 0 Å². The van der Waals surface area contributed by atoms with Crippen molar-refractivity contribution in [3.8, 4) is 0 Å². The van der Waals surface area contributed by atoms with E-state index in [1.165, 1.54) is 18.0 Å². The van der Waals surface area contributed by atoms with Crippen LogP contribution in [-0.4, -0.2) is 45.8 Å². The monoisotopic (exact) mass is 394 g/mol. The molecule has 0 aliphatic rings. The maximum Gasteiger partial charge on any atom is 0.338 e. The Labute approximate surface area is 166 Å². The number of carbonyl (C=O) groups excluding carboxylic acids is 2. The molecule has 0 aliphatic carbocycles. The topological polar surface area (TPSA) is 116 Å². The number of methoxy groups -OCH3 is 1. The molecule has 9 heteroatoms. The van der Waals surface area contributed by atoms with Crippen molar-refractivity contribution in [2.24, 2.45) is 0 Å². The van der Waals surface area contributed by atoms with Gasteiger partial charge in [0.25, 0.3) is 11.6 Å². The van der Waals surface area contributed by atoms with Crippen molar-refractivity contribution < 1.29 is 19.2 Å². The first kappa shape index (κ1) is 19.9. The largest absolute Gasteiger partial charge is 0.465 e. The Morgan fingerprint density at radius 3 is 2.52 bits per heavy atom. The summed E-state index contributed by atoms with van der Waals surface area (Å²) in [5.41, 5.74) is 1.10. The first-order chi connectivity index (χ1) is 13.8. The molecule has 1 heterocycles. The number of nitro groups is 1. The molecule has 0 N–H and O–H groups in total. The molecule has 3 rings (SSSR count). The third-order valence-corrected chi connectivity index (χ3v) is 4.36. The molecule has 1 amide bonds. The molecule has 9 nitrogen and oxygen atoms in total. The van der Waals surface area contributed by atoms with Crippen LogP contribution in [0.15, 0.2) is 42.5 Å². The fourth-order valence-electron chi connectivity index (χ4n) is 2.95. The van der Waals surface area contributed by atoms with Gasteiger partial charge in [-0.15, -0.1) is 0 Å². The predicted molar refractivity (Wildman–Crippen MR) is 105 cm³/mol. The lowest BCUT2D eigenvalue weighted by molar-refractivity contribution is -0.384. The standard InChI is InChI=1S/C20H18N4O5/c1-12-16-6-4-5-7-17(16)22-18(21-12)11-23(2)19(25)13-8-14(20(26)29-3)10-15(9-13)24(27)28/h4-10H,11H2,1-3H3. The van der Waals surface area contributed by atoms with Crippen molar-refractivity contribution in [3.63, 3.8) is 0 Å². The maximum atomic E-state index is 12.8. The normalized spacial score (nSPS) is 10.6. The second-order valence-corrected chi connectivity index (χ2v) is 6.42. The van der Waals surface area contributed by atoms with Crippen LogP contribution in [0.4, 0.5) is 5.69 Å². The van der Waals surface area contributed by atoms with E-state index in [-0.39, 0.29) is 23.4 Å². The van der Waals surface area contributed by atoms with Gasteiger partial charge >= 0.3 is 5.97 Å². The van der Waals surface area contributed by atoms with Crippen LogP contribution in [0.5, 0.6) is 0 Å². The molecule has 0 unspecified atom stereocenters. The number of benzene rings is 2. The van der Waals surface area contributed by atoms with Crippen LogP contribution in [0.25, 0.3) is 10.9 Å². The lowest BCUT2D eigenvalue weighted by atomic mass is 10.1. The molecule has 0 bridgehead atoms. The highest BCUT2D eigenvalue weighted by molar-refractivity contribution is 5.98. The van der Waals surface area contributed by atoms with E-state index in [0.717, 1.165) is 35.8 Å². The predicted octanol–water partition coefficient (Wildman–Crippen LogP) is 2.91. The van der Waals surface area contributed by atoms with Gasteiger partial charge in [0.1, 0.15) is 5.82 Å². The number of nitrogens with zero attached hydrogens (tertiary/aromatic N) is 4. The summed E-state index contributed by atoms with van der Waals surface area (Å²) in [6.45, 7) is 1.96. The minimum absolute atomic E-state index is 0.000360. The number of amides is 1. The SMILES string of the molecule is COC(=O)c1cc(C(=O)N(C)Cc2nc(C)c3ccccc3n2)cc([N+](=O)[O-])c1. The Hall–Kier alpha value is -3.88. The molecule has 0 saturated heterocycles. The number of non-ortho nitro benzene ring substituents is 1. The summed E-state index contributed by atoms with van der Waals surface area (Å²) in [6.07, 6.45) is 0. The Balaban J connectivity index is 1.91. The van der Waals surface area contributed by atoms with Gasteiger partial charge in [0, 0.05) is 35.8 Å². The summed E-state index contributed by atoms with van der Waals surface area (Å²) in [4.78, 5) is 45.4. The van der Waals surface area contributed by atoms with Gasteiger partial charge in [-0.25, -0.2) is 14.8 Å². The Morgan fingerprint density at radius 1 is 1.14 bits per heavy atom.